The van der Waals surface area contributed by atoms with E-state index >= 15 is 0 Å². The lowest BCUT2D eigenvalue weighted by atomic mass is 10.2. The summed E-state index contributed by atoms with van der Waals surface area (Å²) in [6.45, 7) is 0.526. The van der Waals surface area contributed by atoms with Gasteiger partial charge in [-0.1, -0.05) is 12.1 Å². The zero-order valence-electron chi connectivity index (χ0n) is 11.6. The fraction of sp³-hybridized carbons (Fsp3) is 0.214. The van der Waals surface area contributed by atoms with Gasteiger partial charge in [-0.25, -0.2) is 14.8 Å². The number of aromatic nitrogens is 2. The van der Waals surface area contributed by atoms with Gasteiger partial charge in [0.05, 0.1) is 14.2 Å². The first-order chi connectivity index (χ1) is 10.1. The fourth-order valence-corrected chi connectivity index (χ4v) is 1.84. The standard InChI is InChI=1S/C14H14ClN3O3/c1-20-10-5-3-9(4-6-10)8-16-12-7-11(13(19)21-2)17-14(15)18-12/h3-7H,8H2,1-2H3,(H,16,17,18). The molecule has 7 heteroatoms. The lowest BCUT2D eigenvalue weighted by Crippen LogP contribution is -2.08. The SMILES string of the molecule is COC(=O)c1cc(NCc2ccc(OC)cc2)nc(Cl)n1. The van der Waals surface area contributed by atoms with Crippen LogP contribution < -0.4 is 10.1 Å². The van der Waals surface area contributed by atoms with Gasteiger partial charge in [-0.05, 0) is 29.3 Å². The highest BCUT2D eigenvalue weighted by atomic mass is 35.5. The number of benzene rings is 1. The van der Waals surface area contributed by atoms with Gasteiger partial charge in [0.15, 0.2) is 5.69 Å². The third-order valence-electron chi connectivity index (χ3n) is 2.73. The second-order valence-corrected chi connectivity index (χ2v) is 4.44. The Balaban J connectivity index is 2.08. The molecule has 0 aliphatic rings. The number of methoxy groups -OCH3 is 2. The summed E-state index contributed by atoms with van der Waals surface area (Å²) in [6.07, 6.45) is 0. The van der Waals surface area contributed by atoms with Gasteiger partial charge in [0.1, 0.15) is 11.6 Å². The van der Waals surface area contributed by atoms with E-state index in [2.05, 4.69) is 20.0 Å². The van der Waals surface area contributed by atoms with Gasteiger partial charge in [0, 0.05) is 12.6 Å². The number of carbonyl (C=O) groups excluding carboxylic acids is 1. The van der Waals surface area contributed by atoms with E-state index < -0.39 is 5.97 Å². The monoisotopic (exact) mass is 307 g/mol. The normalized spacial score (nSPS) is 10.0. The molecule has 0 amide bonds. The van der Waals surface area contributed by atoms with E-state index in [9.17, 15) is 4.79 Å². The van der Waals surface area contributed by atoms with E-state index in [1.165, 1.54) is 13.2 Å². The average molecular weight is 308 g/mol. The predicted octanol–water partition coefficient (Wildman–Crippen LogP) is 2.54. The van der Waals surface area contributed by atoms with Crippen molar-refractivity contribution >= 4 is 23.4 Å². The maximum absolute atomic E-state index is 11.4. The molecule has 0 spiro atoms. The van der Waals surface area contributed by atoms with Crippen molar-refractivity contribution in [2.24, 2.45) is 0 Å². The smallest absolute Gasteiger partial charge is 0.356 e. The van der Waals surface area contributed by atoms with Crippen LogP contribution in [0, 0.1) is 0 Å². The van der Waals surface area contributed by atoms with Gasteiger partial charge in [-0.3, -0.25) is 0 Å². The van der Waals surface area contributed by atoms with E-state index in [0.29, 0.717) is 12.4 Å². The molecule has 0 aliphatic carbocycles. The van der Waals surface area contributed by atoms with Crippen LogP contribution in [-0.2, 0) is 11.3 Å². The van der Waals surface area contributed by atoms with Gasteiger partial charge in [0.25, 0.3) is 0 Å². The van der Waals surface area contributed by atoms with Crippen LogP contribution in [0.5, 0.6) is 5.75 Å². The van der Waals surface area contributed by atoms with Gasteiger partial charge in [-0.2, -0.15) is 0 Å². The second-order valence-electron chi connectivity index (χ2n) is 4.10. The molecule has 110 valence electrons. The second kappa shape index (κ2) is 6.90. The summed E-state index contributed by atoms with van der Waals surface area (Å²) in [5, 5.41) is 3.06. The lowest BCUT2D eigenvalue weighted by Gasteiger charge is -2.08. The largest absolute Gasteiger partial charge is 0.497 e. The van der Waals surface area contributed by atoms with Crippen molar-refractivity contribution in [3.63, 3.8) is 0 Å². The minimum absolute atomic E-state index is 0.0184. The number of carbonyl (C=O) groups is 1. The minimum Gasteiger partial charge on any atom is -0.497 e. The van der Waals surface area contributed by atoms with Crippen molar-refractivity contribution in [3.05, 3.63) is 46.9 Å². The predicted molar refractivity (Wildman–Crippen MR) is 78.7 cm³/mol. The number of hydrogen-bond donors (Lipinski definition) is 1. The number of nitrogens with zero attached hydrogens (tertiary/aromatic N) is 2. The summed E-state index contributed by atoms with van der Waals surface area (Å²) in [6, 6.07) is 9.07. The van der Waals surface area contributed by atoms with Crippen LogP contribution in [0.25, 0.3) is 0 Å². The van der Waals surface area contributed by atoms with Crippen LogP contribution in [0.1, 0.15) is 16.1 Å². The zero-order chi connectivity index (χ0) is 15.2. The highest BCUT2D eigenvalue weighted by Gasteiger charge is 2.11. The molecule has 2 rings (SSSR count). The first-order valence-electron chi connectivity index (χ1n) is 6.12. The highest BCUT2D eigenvalue weighted by molar-refractivity contribution is 6.28. The number of hydrogen-bond acceptors (Lipinski definition) is 6. The van der Waals surface area contributed by atoms with Crippen molar-refractivity contribution in [2.75, 3.05) is 19.5 Å². The van der Waals surface area contributed by atoms with Crippen molar-refractivity contribution in [1.29, 1.82) is 0 Å². The molecule has 0 saturated heterocycles. The summed E-state index contributed by atoms with van der Waals surface area (Å²) >= 11 is 5.79. The first-order valence-corrected chi connectivity index (χ1v) is 6.50. The molecular formula is C14H14ClN3O3. The molecule has 0 atom stereocenters. The van der Waals surface area contributed by atoms with E-state index in [1.54, 1.807) is 7.11 Å². The lowest BCUT2D eigenvalue weighted by molar-refractivity contribution is 0.0594. The Kier molecular flexibility index (Phi) is 4.94. The number of rotatable bonds is 5. The van der Waals surface area contributed by atoms with Crippen molar-refractivity contribution in [3.8, 4) is 5.75 Å². The van der Waals surface area contributed by atoms with Crippen molar-refractivity contribution in [2.45, 2.75) is 6.54 Å². The fourth-order valence-electron chi connectivity index (χ4n) is 1.65. The zero-order valence-corrected chi connectivity index (χ0v) is 12.3. The first kappa shape index (κ1) is 15.1. The molecule has 21 heavy (non-hydrogen) atoms. The maximum atomic E-state index is 11.4. The third kappa shape index (κ3) is 4.06. The van der Waals surface area contributed by atoms with E-state index in [-0.39, 0.29) is 11.0 Å². The third-order valence-corrected chi connectivity index (χ3v) is 2.90. The Labute approximate surface area is 127 Å². The van der Waals surface area contributed by atoms with E-state index in [0.717, 1.165) is 11.3 Å². The van der Waals surface area contributed by atoms with Crippen molar-refractivity contribution in [1.82, 2.24) is 9.97 Å². The molecule has 0 aliphatic heterocycles. The summed E-state index contributed by atoms with van der Waals surface area (Å²) in [5.41, 5.74) is 1.14. The Morgan fingerprint density at radius 3 is 2.57 bits per heavy atom. The van der Waals surface area contributed by atoms with Crippen LogP contribution in [0.15, 0.2) is 30.3 Å². The van der Waals surface area contributed by atoms with Crippen molar-refractivity contribution < 1.29 is 14.3 Å². The van der Waals surface area contributed by atoms with Crippen LogP contribution in [0.2, 0.25) is 5.28 Å². The van der Waals surface area contributed by atoms with E-state index in [1.807, 2.05) is 24.3 Å². The Morgan fingerprint density at radius 1 is 1.24 bits per heavy atom. The Hall–Kier alpha value is -2.34. The van der Waals surface area contributed by atoms with Crippen LogP contribution >= 0.6 is 11.6 Å². The molecule has 6 nitrogen and oxygen atoms in total. The molecule has 0 bridgehead atoms. The Morgan fingerprint density at radius 2 is 1.95 bits per heavy atom. The highest BCUT2D eigenvalue weighted by Crippen LogP contribution is 2.15. The number of anilines is 1. The molecule has 0 fully saturated rings. The molecule has 2 aromatic rings. The number of halogens is 1. The summed E-state index contributed by atoms with van der Waals surface area (Å²) in [4.78, 5) is 19.3. The molecule has 1 N–H and O–H groups in total. The summed E-state index contributed by atoms with van der Waals surface area (Å²) < 4.78 is 9.70. The topological polar surface area (TPSA) is 73.3 Å². The molecule has 0 saturated carbocycles. The molecule has 1 aromatic carbocycles. The molecule has 1 aromatic heterocycles. The van der Waals surface area contributed by atoms with Gasteiger partial charge in [-0.15, -0.1) is 0 Å². The number of esters is 1. The molecule has 0 radical (unpaired) electrons. The maximum Gasteiger partial charge on any atom is 0.356 e. The van der Waals surface area contributed by atoms with Crippen LogP contribution in [-0.4, -0.2) is 30.2 Å². The summed E-state index contributed by atoms with van der Waals surface area (Å²) in [5.74, 6) is 0.676. The number of ether oxygens (including phenoxy) is 2. The minimum atomic E-state index is -0.563. The van der Waals surface area contributed by atoms with E-state index in [4.69, 9.17) is 16.3 Å². The molecule has 1 heterocycles. The van der Waals surface area contributed by atoms with Gasteiger partial charge < -0.3 is 14.8 Å². The van der Waals surface area contributed by atoms with Gasteiger partial charge >= 0.3 is 5.97 Å². The quantitative estimate of drug-likeness (QED) is 0.676. The van der Waals surface area contributed by atoms with Crippen LogP contribution in [0.3, 0.4) is 0 Å². The molecular weight excluding hydrogens is 294 g/mol. The van der Waals surface area contributed by atoms with Gasteiger partial charge in [0.2, 0.25) is 5.28 Å². The number of nitrogens with one attached hydrogen (secondary N) is 1. The average Bonchev–Trinajstić information content (AvgIpc) is 2.52. The summed E-state index contributed by atoms with van der Waals surface area (Å²) in [7, 11) is 2.90. The Bertz CT molecular complexity index is 632. The van der Waals surface area contributed by atoms with Crippen LogP contribution in [0.4, 0.5) is 5.82 Å². The molecule has 0 unspecified atom stereocenters.